The Morgan fingerprint density at radius 2 is 2.00 bits per heavy atom. The summed E-state index contributed by atoms with van der Waals surface area (Å²) in [5, 5.41) is 4.51. The van der Waals surface area contributed by atoms with Crippen molar-refractivity contribution in [2.24, 2.45) is 0 Å². The van der Waals surface area contributed by atoms with Crippen LogP contribution in [-0.4, -0.2) is 29.3 Å². The molecule has 0 unspecified atom stereocenters. The molecule has 7 nitrogen and oxygen atoms in total. The van der Waals surface area contributed by atoms with Crippen LogP contribution in [0.15, 0.2) is 28.8 Å². The van der Waals surface area contributed by atoms with Gasteiger partial charge >= 0.3 is 5.97 Å². The van der Waals surface area contributed by atoms with Gasteiger partial charge < -0.3 is 18.7 Å². The van der Waals surface area contributed by atoms with Gasteiger partial charge in [-0.25, -0.2) is 0 Å². The van der Waals surface area contributed by atoms with Gasteiger partial charge in [0, 0.05) is 17.5 Å². The van der Waals surface area contributed by atoms with Crippen molar-refractivity contribution in [3.63, 3.8) is 0 Å². The predicted octanol–water partition coefficient (Wildman–Crippen LogP) is 2.23. The van der Waals surface area contributed by atoms with Crippen molar-refractivity contribution in [3.05, 3.63) is 46.6 Å². The monoisotopic (exact) mass is 338 g/mol. The van der Waals surface area contributed by atoms with E-state index in [0.717, 1.165) is 5.56 Å². The molecule has 0 radical (unpaired) electrons. The number of benzene rings is 1. The summed E-state index contributed by atoms with van der Waals surface area (Å²) in [6, 6.07) is 7.22. The Morgan fingerprint density at radius 1 is 1.30 bits per heavy atom. The molecular formula is C15H15ClN2O5. The number of hydrogen-bond acceptors (Lipinski definition) is 7. The molecule has 23 heavy (non-hydrogen) atoms. The second-order valence-electron chi connectivity index (χ2n) is 5.02. The highest BCUT2D eigenvalue weighted by molar-refractivity contribution is 6.30. The molecule has 0 aliphatic carbocycles. The fourth-order valence-corrected chi connectivity index (χ4v) is 2.45. The lowest BCUT2D eigenvalue weighted by Gasteiger charge is -2.26. The van der Waals surface area contributed by atoms with E-state index in [1.165, 1.54) is 6.92 Å². The van der Waals surface area contributed by atoms with Crippen molar-refractivity contribution in [3.8, 4) is 0 Å². The second-order valence-corrected chi connectivity index (χ2v) is 5.45. The summed E-state index contributed by atoms with van der Waals surface area (Å²) < 4.78 is 21.5. The molecule has 1 fully saturated rings. The number of esters is 1. The van der Waals surface area contributed by atoms with Crippen LogP contribution in [0.3, 0.4) is 0 Å². The van der Waals surface area contributed by atoms with Gasteiger partial charge in [0.25, 0.3) is 5.89 Å². The maximum atomic E-state index is 10.8. The van der Waals surface area contributed by atoms with E-state index < -0.39 is 11.8 Å². The number of carbonyl (C=O) groups is 1. The van der Waals surface area contributed by atoms with Crippen LogP contribution in [0, 0.1) is 0 Å². The molecule has 8 heteroatoms. The summed E-state index contributed by atoms with van der Waals surface area (Å²) in [5.74, 6) is -0.749. The minimum atomic E-state index is -0.965. The van der Waals surface area contributed by atoms with Crippen LogP contribution in [0.25, 0.3) is 0 Å². The molecule has 0 N–H and O–H groups in total. The summed E-state index contributed by atoms with van der Waals surface area (Å²) in [7, 11) is 0. The summed E-state index contributed by atoms with van der Waals surface area (Å²) in [4.78, 5) is 15.0. The standard InChI is InChI=1S/C15H15ClN2O5/c1-10(19)20-9-14-17-13(18-23-14)8-15(21-6-7-22-15)11-2-4-12(16)5-3-11/h2-5H,6-9H2,1H3. The first kappa shape index (κ1) is 15.9. The van der Waals surface area contributed by atoms with E-state index in [0.29, 0.717) is 24.1 Å². The Kier molecular flexibility index (Phi) is 4.61. The number of carbonyl (C=O) groups excluding carboxylic acids is 1. The van der Waals surface area contributed by atoms with E-state index >= 15 is 0 Å². The normalized spacial score (nSPS) is 16.4. The average molecular weight is 339 g/mol. The number of hydrogen-bond donors (Lipinski definition) is 0. The maximum Gasteiger partial charge on any atom is 0.303 e. The predicted molar refractivity (Wildman–Crippen MR) is 78.5 cm³/mol. The number of nitrogens with zero attached hydrogens (tertiary/aromatic N) is 2. The SMILES string of the molecule is CC(=O)OCc1nc(CC2(c3ccc(Cl)cc3)OCCO2)no1. The molecule has 1 aliphatic rings. The summed E-state index contributed by atoms with van der Waals surface area (Å²) in [6.45, 7) is 2.20. The quantitative estimate of drug-likeness (QED) is 0.773. The average Bonchev–Trinajstić information content (AvgIpc) is 3.16. The Hall–Kier alpha value is -1.96. The van der Waals surface area contributed by atoms with Crippen molar-refractivity contribution in [2.45, 2.75) is 25.7 Å². The molecular weight excluding hydrogens is 324 g/mol. The second kappa shape index (κ2) is 6.66. The van der Waals surface area contributed by atoms with Gasteiger partial charge in [-0.3, -0.25) is 4.79 Å². The van der Waals surface area contributed by atoms with E-state index in [1.807, 2.05) is 12.1 Å². The van der Waals surface area contributed by atoms with Crippen molar-refractivity contribution in [2.75, 3.05) is 13.2 Å². The van der Waals surface area contributed by atoms with Crippen molar-refractivity contribution < 1.29 is 23.5 Å². The van der Waals surface area contributed by atoms with E-state index in [4.69, 9.17) is 30.3 Å². The fourth-order valence-electron chi connectivity index (χ4n) is 2.32. The molecule has 1 aromatic carbocycles. The minimum Gasteiger partial charge on any atom is -0.456 e. The van der Waals surface area contributed by atoms with Crippen molar-refractivity contribution >= 4 is 17.6 Å². The highest BCUT2D eigenvalue weighted by Crippen LogP contribution is 2.35. The Bertz CT molecular complexity index is 679. The molecule has 0 amide bonds. The third kappa shape index (κ3) is 3.69. The van der Waals surface area contributed by atoms with Gasteiger partial charge in [-0.05, 0) is 12.1 Å². The molecule has 122 valence electrons. The molecule has 2 aromatic rings. The Balaban J connectivity index is 1.77. The molecule has 0 bridgehead atoms. The summed E-state index contributed by atoms with van der Waals surface area (Å²) >= 11 is 5.92. The highest BCUT2D eigenvalue weighted by atomic mass is 35.5. The van der Waals surface area contributed by atoms with Crippen LogP contribution in [0.2, 0.25) is 5.02 Å². The van der Waals surface area contributed by atoms with E-state index in [2.05, 4.69) is 10.1 Å². The van der Waals surface area contributed by atoms with Crippen molar-refractivity contribution in [1.82, 2.24) is 10.1 Å². The van der Waals surface area contributed by atoms with Gasteiger partial charge in [0.2, 0.25) is 5.79 Å². The van der Waals surface area contributed by atoms with E-state index in [1.54, 1.807) is 12.1 Å². The van der Waals surface area contributed by atoms with Crippen molar-refractivity contribution in [1.29, 1.82) is 0 Å². The summed E-state index contributed by atoms with van der Waals surface area (Å²) in [5.41, 5.74) is 0.825. The molecule has 0 saturated carbocycles. The topological polar surface area (TPSA) is 83.7 Å². The molecule has 1 aliphatic heterocycles. The number of rotatable bonds is 5. The number of ether oxygens (including phenoxy) is 3. The number of aromatic nitrogens is 2. The third-order valence-corrected chi connectivity index (χ3v) is 3.59. The van der Waals surface area contributed by atoms with Gasteiger partial charge in [0.1, 0.15) is 0 Å². The van der Waals surface area contributed by atoms with Gasteiger partial charge in [0.15, 0.2) is 12.4 Å². The van der Waals surface area contributed by atoms with Crippen LogP contribution < -0.4 is 0 Å². The van der Waals surface area contributed by atoms with Gasteiger partial charge in [-0.1, -0.05) is 28.9 Å². The zero-order valence-electron chi connectivity index (χ0n) is 12.5. The van der Waals surface area contributed by atoms with Crippen LogP contribution >= 0.6 is 11.6 Å². The van der Waals surface area contributed by atoms with Crippen LogP contribution in [0.1, 0.15) is 24.2 Å². The first-order chi connectivity index (χ1) is 11.1. The zero-order valence-corrected chi connectivity index (χ0v) is 13.2. The fraction of sp³-hybridized carbons (Fsp3) is 0.400. The molecule has 0 atom stereocenters. The lowest BCUT2D eigenvalue weighted by molar-refractivity contribution is -0.165. The van der Waals surface area contributed by atoms with Crippen LogP contribution in [-0.2, 0) is 37.8 Å². The molecule has 2 heterocycles. The highest BCUT2D eigenvalue weighted by Gasteiger charge is 2.40. The van der Waals surface area contributed by atoms with Gasteiger partial charge in [-0.2, -0.15) is 4.98 Å². The summed E-state index contributed by atoms with van der Waals surface area (Å²) in [6.07, 6.45) is 0.276. The van der Waals surface area contributed by atoms with E-state index in [9.17, 15) is 4.79 Å². The zero-order chi connectivity index (χ0) is 16.3. The lowest BCUT2D eigenvalue weighted by Crippen LogP contribution is -2.30. The van der Waals surface area contributed by atoms with Gasteiger partial charge in [0.05, 0.1) is 19.6 Å². The molecule has 3 rings (SSSR count). The Labute approximate surface area is 137 Å². The smallest absolute Gasteiger partial charge is 0.303 e. The maximum absolute atomic E-state index is 10.8. The first-order valence-electron chi connectivity index (χ1n) is 7.06. The van der Waals surface area contributed by atoms with Crippen LogP contribution in [0.5, 0.6) is 0 Å². The van der Waals surface area contributed by atoms with Gasteiger partial charge in [-0.15, -0.1) is 0 Å². The number of halogens is 1. The van der Waals surface area contributed by atoms with E-state index in [-0.39, 0.29) is 18.9 Å². The Morgan fingerprint density at radius 3 is 2.65 bits per heavy atom. The van der Waals surface area contributed by atoms with Crippen LogP contribution in [0.4, 0.5) is 0 Å². The molecule has 1 aromatic heterocycles. The minimum absolute atomic E-state index is 0.0575. The first-order valence-corrected chi connectivity index (χ1v) is 7.44. The lowest BCUT2D eigenvalue weighted by atomic mass is 10.0. The third-order valence-electron chi connectivity index (χ3n) is 3.34. The largest absolute Gasteiger partial charge is 0.456 e. The molecule has 0 spiro atoms. The molecule has 1 saturated heterocycles.